The van der Waals surface area contributed by atoms with E-state index < -0.39 is 15.1 Å². The van der Waals surface area contributed by atoms with E-state index in [1.165, 1.54) is 12.1 Å². The molecule has 0 spiro atoms. The van der Waals surface area contributed by atoms with Gasteiger partial charge in [-0.3, -0.25) is 4.79 Å². The maximum atomic E-state index is 13.0. The molecule has 2 aromatic carbocycles. The highest BCUT2D eigenvalue weighted by molar-refractivity contribution is 7.92. The number of amides is 1. The van der Waals surface area contributed by atoms with Crippen molar-refractivity contribution in [3.05, 3.63) is 59.7 Å². The molecule has 27 heavy (non-hydrogen) atoms. The Morgan fingerprint density at radius 3 is 2.15 bits per heavy atom. The minimum Gasteiger partial charge on any atom is -0.497 e. The molecule has 0 bridgehead atoms. The summed E-state index contributed by atoms with van der Waals surface area (Å²) in [5.41, 5.74) is 1.55. The Hall–Kier alpha value is -2.34. The average Bonchev–Trinajstić information content (AvgIpc) is 3.51. The highest BCUT2D eigenvalue weighted by Crippen LogP contribution is 2.30. The summed E-state index contributed by atoms with van der Waals surface area (Å²) in [7, 11) is -1.71. The second-order valence-corrected chi connectivity index (χ2v) is 9.63. The van der Waals surface area contributed by atoms with Gasteiger partial charge < -0.3 is 9.64 Å². The van der Waals surface area contributed by atoms with Gasteiger partial charge in [-0.2, -0.15) is 0 Å². The third-order valence-electron chi connectivity index (χ3n) is 4.81. The standard InChI is InChI=1S/C21H25NO4S/c1-15(2)27(24,25)20-12-6-17(7-13-20)21(23)22(18-8-9-18)14-16-4-10-19(26-3)11-5-16/h4-7,10-13,15,18H,8-9,14H2,1-3H3. The van der Waals surface area contributed by atoms with Crippen molar-refractivity contribution in [2.45, 2.75) is 49.4 Å². The Morgan fingerprint density at radius 2 is 1.67 bits per heavy atom. The molecule has 0 radical (unpaired) electrons. The van der Waals surface area contributed by atoms with Crippen LogP contribution < -0.4 is 4.74 Å². The number of nitrogens with zero attached hydrogens (tertiary/aromatic N) is 1. The predicted octanol–water partition coefficient (Wildman–Crippen LogP) is 3.68. The molecule has 0 saturated heterocycles. The van der Waals surface area contributed by atoms with Crippen LogP contribution in [0, 0.1) is 0 Å². The molecule has 0 heterocycles. The van der Waals surface area contributed by atoms with Gasteiger partial charge in [0.1, 0.15) is 5.75 Å². The average molecular weight is 388 g/mol. The first kappa shape index (κ1) is 19.4. The van der Waals surface area contributed by atoms with Crippen LogP contribution in [-0.4, -0.2) is 37.6 Å². The van der Waals surface area contributed by atoms with E-state index in [0.717, 1.165) is 24.2 Å². The molecule has 1 aliphatic rings. The highest BCUT2D eigenvalue weighted by atomic mass is 32.2. The van der Waals surface area contributed by atoms with Crippen molar-refractivity contribution < 1.29 is 17.9 Å². The lowest BCUT2D eigenvalue weighted by Crippen LogP contribution is -2.32. The largest absolute Gasteiger partial charge is 0.497 e. The van der Waals surface area contributed by atoms with Crippen molar-refractivity contribution in [2.75, 3.05) is 7.11 Å². The number of sulfone groups is 1. The highest BCUT2D eigenvalue weighted by Gasteiger charge is 2.33. The van der Waals surface area contributed by atoms with Crippen LogP contribution in [0.15, 0.2) is 53.4 Å². The summed E-state index contributed by atoms with van der Waals surface area (Å²) in [5.74, 6) is 0.715. The summed E-state index contributed by atoms with van der Waals surface area (Å²) in [6.07, 6.45) is 2.00. The predicted molar refractivity (Wildman–Crippen MR) is 105 cm³/mol. The Bertz CT molecular complexity index is 898. The van der Waals surface area contributed by atoms with Gasteiger partial charge in [-0.1, -0.05) is 12.1 Å². The van der Waals surface area contributed by atoms with Gasteiger partial charge in [0.25, 0.3) is 5.91 Å². The lowest BCUT2D eigenvalue weighted by atomic mass is 10.1. The van der Waals surface area contributed by atoms with Crippen LogP contribution in [0.4, 0.5) is 0 Å². The van der Waals surface area contributed by atoms with Gasteiger partial charge >= 0.3 is 0 Å². The SMILES string of the molecule is COc1ccc(CN(C(=O)c2ccc(S(=O)(=O)C(C)C)cc2)C2CC2)cc1. The third-order valence-corrected chi connectivity index (χ3v) is 6.98. The van der Waals surface area contributed by atoms with Gasteiger partial charge in [-0.05, 0) is 68.7 Å². The molecule has 1 amide bonds. The zero-order valence-electron chi connectivity index (χ0n) is 15.9. The molecule has 0 aromatic heterocycles. The minimum absolute atomic E-state index is 0.0678. The minimum atomic E-state index is -3.34. The summed E-state index contributed by atoms with van der Waals surface area (Å²) in [6, 6.07) is 14.2. The molecule has 0 aliphatic heterocycles. The third kappa shape index (κ3) is 4.33. The second kappa shape index (κ2) is 7.72. The lowest BCUT2D eigenvalue weighted by molar-refractivity contribution is 0.0730. The molecule has 0 atom stereocenters. The van der Waals surface area contributed by atoms with E-state index in [1.807, 2.05) is 29.2 Å². The van der Waals surface area contributed by atoms with Crippen molar-refractivity contribution >= 4 is 15.7 Å². The number of methoxy groups -OCH3 is 1. The maximum Gasteiger partial charge on any atom is 0.254 e. The van der Waals surface area contributed by atoms with E-state index >= 15 is 0 Å². The topological polar surface area (TPSA) is 63.7 Å². The Morgan fingerprint density at radius 1 is 1.07 bits per heavy atom. The normalized spacial score (nSPS) is 14.2. The summed E-state index contributed by atoms with van der Waals surface area (Å²) in [4.78, 5) is 15.1. The summed E-state index contributed by atoms with van der Waals surface area (Å²) < 4.78 is 29.7. The summed E-state index contributed by atoms with van der Waals surface area (Å²) >= 11 is 0. The van der Waals surface area contributed by atoms with Gasteiger partial charge in [-0.15, -0.1) is 0 Å². The number of hydrogen-bond acceptors (Lipinski definition) is 4. The van der Waals surface area contributed by atoms with Crippen LogP contribution in [0.3, 0.4) is 0 Å². The molecular weight excluding hydrogens is 362 g/mol. The van der Waals surface area contributed by atoms with E-state index in [4.69, 9.17) is 4.74 Å². The number of hydrogen-bond donors (Lipinski definition) is 0. The molecule has 1 saturated carbocycles. The van der Waals surface area contributed by atoms with E-state index in [2.05, 4.69) is 0 Å². The number of carbonyl (C=O) groups is 1. The number of carbonyl (C=O) groups excluding carboxylic acids is 1. The number of ether oxygens (including phenoxy) is 1. The quantitative estimate of drug-likeness (QED) is 0.727. The van der Waals surface area contributed by atoms with Crippen LogP contribution in [0.1, 0.15) is 42.6 Å². The van der Waals surface area contributed by atoms with Crippen LogP contribution in [0.2, 0.25) is 0 Å². The second-order valence-electron chi connectivity index (χ2n) is 7.13. The van der Waals surface area contributed by atoms with Crippen molar-refractivity contribution in [3.8, 4) is 5.75 Å². The summed E-state index contributed by atoms with van der Waals surface area (Å²) in [5, 5.41) is -0.489. The Balaban J connectivity index is 1.79. The first-order chi connectivity index (χ1) is 12.8. The van der Waals surface area contributed by atoms with Crippen LogP contribution in [-0.2, 0) is 16.4 Å². The molecule has 0 unspecified atom stereocenters. The van der Waals surface area contributed by atoms with Crippen molar-refractivity contribution in [2.24, 2.45) is 0 Å². The molecule has 1 fully saturated rings. The van der Waals surface area contributed by atoms with Gasteiger partial charge in [0.2, 0.25) is 0 Å². The molecular formula is C21H25NO4S. The first-order valence-corrected chi connectivity index (χ1v) is 10.7. The molecule has 0 N–H and O–H groups in total. The number of benzene rings is 2. The van der Waals surface area contributed by atoms with E-state index in [0.29, 0.717) is 12.1 Å². The smallest absolute Gasteiger partial charge is 0.254 e. The molecule has 144 valence electrons. The van der Waals surface area contributed by atoms with Crippen molar-refractivity contribution in [3.63, 3.8) is 0 Å². The molecule has 3 rings (SSSR count). The van der Waals surface area contributed by atoms with Gasteiger partial charge in [0.05, 0.1) is 17.3 Å². The molecule has 5 nitrogen and oxygen atoms in total. The van der Waals surface area contributed by atoms with Crippen LogP contribution in [0.25, 0.3) is 0 Å². The fraction of sp³-hybridized carbons (Fsp3) is 0.381. The lowest BCUT2D eigenvalue weighted by Gasteiger charge is -2.23. The van der Waals surface area contributed by atoms with E-state index in [9.17, 15) is 13.2 Å². The van der Waals surface area contributed by atoms with E-state index in [1.54, 1.807) is 33.1 Å². The van der Waals surface area contributed by atoms with Gasteiger partial charge in [0, 0.05) is 18.2 Å². The zero-order chi connectivity index (χ0) is 19.6. The number of rotatable bonds is 7. The fourth-order valence-electron chi connectivity index (χ4n) is 2.91. The Kier molecular flexibility index (Phi) is 5.56. The van der Waals surface area contributed by atoms with Gasteiger partial charge in [-0.25, -0.2) is 8.42 Å². The Labute approximate surface area is 160 Å². The fourth-order valence-corrected chi connectivity index (χ4v) is 3.97. The maximum absolute atomic E-state index is 13.0. The van der Waals surface area contributed by atoms with Crippen molar-refractivity contribution in [1.82, 2.24) is 4.90 Å². The van der Waals surface area contributed by atoms with E-state index in [-0.39, 0.29) is 16.8 Å². The van der Waals surface area contributed by atoms with Crippen molar-refractivity contribution in [1.29, 1.82) is 0 Å². The van der Waals surface area contributed by atoms with Crippen LogP contribution in [0.5, 0.6) is 5.75 Å². The zero-order valence-corrected chi connectivity index (χ0v) is 16.7. The molecule has 1 aliphatic carbocycles. The van der Waals surface area contributed by atoms with Crippen LogP contribution >= 0.6 is 0 Å². The molecule has 6 heteroatoms. The first-order valence-electron chi connectivity index (χ1n) is 9.11. The molecule has 2 aromatic rings. The summed E-state index contributed by atoms with van der Waals surface area (Å²) in [6.45, 7) is 3.83. The monoisotopic (exact) mass is 387 g/mol. The van der Waals surface area contributed by atoms with Gasteiger partial charge in [0.15, 0.2) is 9.84 Å².